The van der Waals surface area contributed by atoms with Gasteiger partial charge in [0.05, 0.1) is 0 Å². The van der Waals surface area contributed by atoms with Gasteiger partial charge in [-0.05, 0) is 47.8 Å². The van der Waals surface area contributed by atoms with E-state index in [1.165, 1.54) is 5.56 Å². The average molecular weight is 405 g/mol. The van der Waals surface area contributed by atoms with E-state index >= 15 is 0 Å². The third-order valence-corrected chi connectivity index (χ3v) is 10.1. The summed E-state index contributed by atoms with van der Waals surface area (Å²) in [5.74, 6) is 1.46. The average Bonchev–Trinajstić information content (AvgIpc) is 2.61. The zero-order valence-electron chi connectivity index (χ0n) is 17.3. The smallest absolute Gasteiger partial charge is 0.191 e. The van der Waals surface area contributed by atoms with Crippen molar-refractivity contribution in [2.24, 2.45) is 0 Å². The fourth-order valence-electron chi connectivity index (χ4n) is 2.64. The van der Waals surface area contributed by atoms with Gasteiger partial charge in [0, 0.05) is 18.9 Å². The molecule has 4 heteroatoms. The summed E-state index contributed by atoms with van der Waals surface area (Å²) in [5.41, 5.74) is 2.40. The molecule has 0 amide bonds. The van der Waals surface area contributed by atoms with Gasteiger partial charge in [-0.25, -0.2) is 0 Å². The fourth-order valence-corrected chi connectivity index (χ4v) is 3.88. The van der Waals surface area contributed by atoms with Crippen LogP contribution in [0.3, 0.4) is 0 Å². The molecular weight excluding hydrogens is 372 g/mol. The van der Waals surface area contributed by atoms with Crippen LogP contribution in [-0.2, 0) is 10.8 Å². The SMILES string of the molecule is CC(C)(C)[Si](C)(C)OCCc1cccc(OC(CCCl)c2ccccc2)c1. The molecule has 0 fully saturated rings. The van der Waals surface area contributed by atoms with E-state index in [2.05, 4.69) is 64.2 Å². The van der Waals surface area contributed by atoms with Crippen LogP contribution >= 0.6 is 11.6 Å². The van der Waals surface area contributed by atoms with Crippen molar-refractivity contribution in [1.82, 2.24) is 0 Å². The lowest BCUT2D eigenvalue weighted by Crippen LogP contribution is -2.41. The molecule has 2 aromatic carbocycles. The first-order valence-corrected chi connectivity index (χ1v) is 13.2. The lowest BCUT2D eigenvalue weighted by molar-refractivity contribution is 0.202. The minimum absolute atomic E-state index is 0.0255. The van der Waals surface area contributed by atoms with Crippen LogP contribution in [0.25, 0.3) is 0 Å². The lowest BCUT2D eigenvalue weighted by Gasteiger charge is -2.36. The van der Waals surface area contributed by atoms with Crippen molar-refractivity contribution in [2.45, 2.75) is 57.8 Å². The fraction of sp³-hybridized carbons (Fsp3) is 0.478. The maximum Gasteiger partial charge on any atom is 0.191 e. The summed E-state index contributed by atoms with van der Waals surface area (Å²) >= 11 is 6.00. The van der Waals surface area contributed by atoms with Crippen molar-refractivity contribution in [2.75, 3.05) is 12.5 Å². The number of halogens is 1. The molecule has 0 heterocycles. The highest BCUT2D eigenvalue weighted by Crippen LogP contribution is 2.36. The second-order valence-corrected chi connectivity index (χ2v) is 13.7. The molecule has 0 saturated heterocycles. The summed E-state index contributed by atoms with van der Waals surface area (Å²) in [5, 5.41) is 0.239. The molecule has 2 aromatic rings. The van der Waals surface area contributed by atoms with E-state index in [0.717, 1.165) is 30.8 Å². The van der Waals surface area contributed by atoms with Gasteiger partial charge in [0.2, 0.25) is 0 Å². The van der Waals surface area contributed by atoms with Crippen molar-refractivity contribution >= 4 is 19.9 Å². The van der Waals surface area contributed by atoms with Gasteiger partial charge in [0.25, 0.3) is 0 Å². The van der Waals surface area contributed by atoms with Crippen LogP contribution in [0.1, 0.15) is 44.4 Å². The van der Waals surface area contributed by atoms with Gasteiger partial charge < -0.3 is 9.16 Å². The molecule has 0 saturated carbocycles. The van der Waals surface area contributed by atoms with Gasteiger partial charge >= 0.3 is 0 Å². The Balaban J connectivity index is 2.00. The number of hydrogen-bond acceptors (Lipinski definition) is 2. The molecule has 1 atom stereocenters. The van der Waals surface area contributed by atoms with Crippen molar-refractivity contribution in [3.63, 3.8) is 0 Å². The number of hydrogen-bond donors (Lipinski definition) is 0. The quantitative estimate of drug-likeness (QED) is 0.331. The molecule has 0 aliphatic rings. The van der Waals surface area contributed by atoms with Gasteiger partial charge in [-0.1, -0.05) is 63.2 Å². The molecule has 2 rings (SSSR count). The van der Waals surface area contributed by atoms with Crippen LogP contribution in [-0.4, -0.2) is 20.8 Å². The highest BCUT2D eigenvalue weighted by atomic mass is 35.5. The van der Waals surface area contributed by atoms with E-state index in [9.17, 15) is 0 Å². The van der Waals surface area contributed by atoms with Crippen LogP contribution in [0.4, 0.5) is 0 Å². The Hall–Kier alpha value is -1.29. The summed E-state index contributed by atoms with van der Waals surface area (Å²) in [6, 6.07) is 18.6. The molecule has 0 aliphatic carbocycles. The number of rotatable bonds is 9. The number of benzene rings is 2. The molecule has 0 aliphatic heterocycles. The summed E-state index contributed by atoms with van der Waals surface area (Å²) in [6.45, 7) is 12.2. The van der Waals surface area contributed by atoms with E-state index in [1.807, 2.05) is 24.3 Å². The molecule has 0 bridgehead atoms. The third kappa shape index (κ3) is 6.67. The second kappa shape index (κ2) is 9.77. The lowest BCUT2D eigenvalue weighted by atomic mass is 10.1. The summed E-state index contributed by atoms with van der Waals surface area (Å²) < 4.78 is 12.6. The van der Waals surface area contributed by atoms with E-state index < -0.39 is 8.32 Å². The predicted octanol–water partition coefficient (Wildman–Crippen LogP) is 7.00. The van der Waals surface area contributed by atoms with Gasteiger partial charge in [-0.3, -0.25) is 0 Å². The van der Waals surface area contributed by atoms with Crippen LogP contribution < -0.4 is 4.74 Å². The highest BCUT2D eigenvalue weighted by Gasteiger charge is 2.36. The minimum Gasteiger partial charge on any atom is -0.486 e. The first-order chi connectivity index (χ1) is 12.7. The third-order valence-electron chi connectivity index (χ3n) is 5.38. The standard InChI is InChI=1S/C23H33ClO2Si/c1-23(2,3)27(4,5)25-17-15-19-10-9-13-21(18-19)26-22(14-16-24)20-11-7-6-8-12-20/h6-13,18,22H,14-17H2,1-5H3. The zero-order valence-corrected chi connectivity index (χ0v) is 19.1. The maximum absolute atomic E-state index is 6.31. The molecule has 148 valence electrons. The van der Waals surface area contributed by atoms with Gasteiger partial charge in [0.15, 0.2) is 8.32 Å². The first kappa shape index (κ1) is 22.0. The first-order valence-electron chi connectivity index (χ1n) is 9.73. The molecule has 0 radical (unpaired) electrons. The Morgan fingerprint density at radius 1 is 1.00 bits per heavy atom. The summed E-state index contributed by atoms with van der Waals surface area (Å²) in [7, 11) is -1.70. The Bertz CT molecular complexity index is 695. The molecule has 2 nitrogen and oxygen atoms in total. The maximum atomic E-state index is 6.31. The Morgan fingerprint density at radius 3 is 2.33 bits per heavy atom. The topological polar surface area (TPSA) is 18.5 Å². The highest BCUT2D eigenvalue weighted by molar-refractivity contribution is 6.74. The van der Waals surface area contributed by atoms with E-state index in [1.54, 1.807) is 0 Å². The van der Waals surface area contributed by atoms with Crippen LogP contribution in [0.15, 0.2) is 54.6 Å². The zero-order chi connectivity index (χ0) is 19.9. The van der Waals surface area contributed by atoms with Crippen molar-refractivity contribution in [3.8, 4) is 5.75 Å². The van der Waals surface area contributed by atoms with E-state index in [-0.39, 0.29) is 11.1 Å². The van der Waals surface area contributed by atoms with Crippen molar-refractivity contribution in [1.29, 1.82) is 0 Å². The number of alkyl halides is 1. The molecule has 0 aromatic heterocycles. The summed E-state index contributed by atoms with van der Waals surface area (Å²) in [4.78, 5) is 0. The minimum atomic E-state index is -1.70. The van der Waals surface area contributed by atoms with Crippen molar-refractivity contribution in [3.05, 3.63) is 65.7 Å². The Labute approximate surface area is 171 Å². The molecule has 1 unspecified atom stereocenters. The number of ether oxygens (including phenoxy) is 1. The monoisotopic (exact) mass is 404 g/mol. The molecule has 0 N–H and O–H groups in total. The Morgan fingerprint density at radius 2 is 1.70 bits per heavy atom. The van der Waals surface area contributed by atoms with Crippen LogP contribution in [0.5, 0.6) is 5.75 Å². The van der Waals surface area contributed by atoms with Gasteiger partial charge in [-0.2, -0.15) is 0 Å². The Kier molecular flexibility index (Phi) is 7.96. The van der Waals surface area contributed by atoms with Crippen molar-refractivity contribution < 1.29 is 9.16 Å². The summed E-state index contributed by atoms with van der Waals surface area (Å²) in [6.07, 6.45) is 1.65. The van der Waals surface area contributed by atoms with Crippen LogP contribution in [0, 0.1) is 0 Å². The molecular formula is C23H33ClO2Si. The van der Waals surface area contributed by atoms with E-state index in [0.29, 0.717) is 5.88 Å². The normalized spacial score (nSPS) is 13.4. The largest absolute Gasteiger partial charge is 0.486 e. The molecule has 0 spiro atoms. The predicted molar refractivity (Wildman–Crippen MR) is 118 cm³/mol. The van der Waals surface area contributed by atoms with Gasteiger partial charge in [-0.15, -0.1) is 11.6 Å². The van der Waals surface area contributed by atoms with Gasteiger partial charge in [0.1, 0.15) is 11.9 Å². The van der Waals surface area contributed by atoms with Crippen LogP contribution in [0.2, 0.25) is 18.1 Å². The van der Waals surface area contributed by atoms with E-state index in [4.69, 9.17) is 20.8 Å². The second-order valence-electron chi connectivity index (χ2n) is 8.50. The molecule has 27 heavy (non-hydrogen) atoms.